The maximum absolute atomic E-state index is 9.18. The molecule has 7 rings (SSSR count). The molecule has 1 saturated carbocycles. The molecule has 2 fully saturated rings. The first-order chi connectivity index (χ1) is 19.7. The number of rotatable bonds is 6. The molecule has 6 heteroatoms. The van der Waals surface area contributed by atoms with Crippen LogP contribution in [0, 0.1) is 11.3 Å². The summed E-state index contributed by atoms with van der Waals surface area (Å²) in [5.41, 5.74) is 10.1. The molecule has 0 unspecified atom stereocenters. The number of H-pyrrole nitrogens is 2. The van der Waals surface area contributed by atoms with Gasteiger partial charge in [-0.25, -0.2) is 9.98 Å². The lowest BCUT2D eigenvalue weighted by molar-refractivity contribution is 0.287. The number of benzene rings is 2. The van der Waals surface area contributed by atoms with Crippen LogP contribution in [0.4, 0.5) is 0 Å². The van der Waals surface area contributed by atoms with Crippen LogP contribution in [0.5, 0.6) is 0 Å². The van der Waals surface area contributed by atoms with Crippen LogP contribution in [0.1, 0.15) is 74.4 Å². The van der Waals surface area contributed by atoms with E-state index in [1.165, 1.54) is 46.4 Å². The molecule has 200 valence electrons. The first-order valence-electron chi connectivity index (χ1n) is 14.6. The van der Waals surface area contributed by atoms with Crippen molar-refractivity contribution in [3.63, 3.8) is 0 Å². The minimum atomic E-state index is 0.448. The second-order valence-electron chi connectivity index (χ2n) is 11.3. The number of aromatic nitrogens is 3. The molecule has 4 aromatic rings. The number of likely N-dealkylation sites (tertiary alicyclic amines) is 1. The zero-order valence-electron chi connectivity index (χ0n) is 23.0. The van der Waals surface area contributed by atoms with Gasteiger partial charge in [0.2, 0.25) is 0 Å². The average molecular weight is 527 g/mol. The smallest absolute Gasteiger partial charge is 0.139 e. The molecular formula is C34H34N6. The predicted molar refractivity (Wildman–Crippen MR) is 158 cm³/mol. The van der Waals surface area contributed by atoms with Gasteiger partial charge in [-0.05, 0) is 61.4 Å². The van der Waals surface area contributed by atoms with Gasteiger partial charge in [0.15, 0.2) is 0 Å². The van der Waals surface area contributed by atoms with Crippen LogP contribution < -0.4 is 10.7 Å². The van der Waals surface area contributed by atoms with Gasteiger partial charge < -0.3 is 14.9 Å². The normalized spacial score (nSPS) is 17.6. The van der Waals surface area contributed by atoms with Crippen molar-refractivity contribution in [3.8, 4) is 28.6 Å². The zero-order chi connectivity index (χ0) is 27.1. The Bertz CT molecular complexity index is 1720. The molecule has 2 aromatic carbocycles. The van der Waals surface area contributed by atoms with E-state index in [1.54, 1.807) is 0 Å². The topological polar surface area (TPSA) is 83.9 Å². The largest absolute Gasteiger partial charge is 0.374 e. The average Bonchev–Trinajstić information content (AvgIpc) is 3.67. The Morgan fingerprint density at radius 3 is 2.40 bits per heavy atom. The van der Waals surface area contributed by atoms with Crippen LogP contribution in [0.2, 0.25) is 0 Å². The van der Waals surface area contributed by atoms with Gasteiger partial charge in [0, 0.05) is 65.4 Å². The Morgan fingerprint density at radius 1 is 0.925 bits per heavy atom. The lowest BCUT2D eigenvalue weighted by Gasteiger charge is -2.34. The monoisotopic (exact) mass is 526 g/mol. The summed E-state index contributed by atoms with van der Waals surface area (Å²) >= 11 is 0. The number of nitriles is 1. The van der Waals surface area contributed by atoms with Crippen LogP contribution in [0.25, 0.3) is 28.2 Å². The van der Waals surface area contributed by atoms with Crippen molar-refractivity contribution in [2.45, 2.75) is 57.3 Å². The molecule has 0 amide bonds. The maximum atomic E-state index is 9.18. The second kappa shape index (κ2) is 10.3. The molecular weight excluding hydrogens is 492 g/mol. The molecule has 2 N–H and O–H groups in total. The fraction of sp³-hybridized carbons (Fsp3) is 0.324. The number of hydrogen-bond acceptors (Lipinski definition) is 4. The highest BCUT2D eigenvalue weighted by Crippen LogP contribution is 2.44. The van der Waals surface area contributed by atoms with Gasteiger partial charge in [-0.3, -0.25) is 0 Å². The molecule has 1 aliphatic carbocycles. The van der Waals surface area contributed by atoms with E-state index >= 15 is 0 Å². The van der Waals surface area contributed by atoms with E-state index in [9.17, 15) is 5.26 Å². The highest BCUT2D eigenvalue weighted by Gasteiger charge is 2.32. The number of fused-ring (bicyclic) bond motifs is 1. The number of nitrogens with zero attached hydrogens (tertiary/aromatic N) is 4. The van der Waals surface area contributed by atoms with Gasteiger partial charge in [-0.15, -0.1) is 0 Å². The van der Waals surface area contributed by atoms with Crippen LogP contribution in [-0.4, -0.2) is 32.9 Å². The van der Waals surface area contributed by atoms with Crippen LogP contribution in [-0.2, 0) is 0 Å². The van der Waals surface area contributed by atoms with Gasteiger partial charge in [0.05, 0.1) is 17.3 Å². The van der Waals surface area contributed by atoms with Gasteiger partial charge >= 0.3 is 0 Å². The second-order valence-corrected chi connectivity index (χ2v) is 11.3. The van der Waals surface area contributed by atoms with E-state index < -0.39 is 0 Å². The first-order valence-corrected chi connectivity index (χ1v) is 14.6. The lowest BCUT2D eigenvalue weighted by atomic mass is 9.94. The van der Waals surface area contributed by atoms with Gasteiger partial charge in [0.1, 0.15) is 11.3 Å². The van der Waals surface area contributed by atoms with E-state index in [1.807, 2.05) is 30.5 Å². The molecule has 3 aliphatic rings. The summed E-state index contributed by atoms with van der Waals surface area (Å²) in [6.07, 6.45) is 8.66. The minimum Gasteiger partial charge on any atom is -0.374 e. The minimum absolute atomic E-state index is 0.448. The van der Waals surface area contributed by atoms with Gasteiger partial charge in [-0.1, -0.05) is 49.4 Å². The molecule has 0 atom stereocenters. The summed E-state index contributed by atoms with van der Waals surface area (Å²) in [4.78, 5) is 20.0. The van der Waals surface area contributed by atoms with E-state index in [0.717, 1.165) is 61.2 Å². The van der Waals surface area contributed by atoms with Crippen LogP contribution in [0.3, 0.4) is 0 Å². The zero-order valence-corrected chi connectivity index (χ0v) is 23.0. The number of imidazole rings is 1. The first kappa shape index (κ1) is 24.7. The van der Waals surface area contributed by atoms with Crippen molar-refractivity contribution < 1.29 is 0 Å². The summed E-state index contributed by atoms with van der Waals surface area (Å²) in [5, 5.41) is 10.4. The standard InChI is InChI=1S/C34H34N6/c1-2-22-18-30(28-19-29(37-34(28)36-21-22)24-10-8-23(20-35)9-11-24)40-16-14-27(15-17-40)33-38-31(25-6-4-3-5-7-25)32(39-33)26-12-13-26/h3-11,19,21,26-27H,2,12-18H2,1H3,(H,36,37)(H,38,39). The number of piperidine rings is 1. The Kier molecular flexibility index (Phi) is 6.36. The molecule has 2 aromatic heterocycles. The molecule has 40 heavy (non-hydrogen) atoms. The van der Waals surface area contributed by atoms with Crippen molar-refractivity contribution in [1.29, 1.82) is 5.26 Å². The third kappa shape index (κ3) is 4.66. The Labute approximate surface area is 234 Å². The van der Waals surface area contributed by atoms with E-state index in [2.05, 4.69) is 64.3 Å². The van der Waals surface area contributed by atoms with E-state index in [4.69, 9.17) is 9.98 Å². The van der Waals surface area contributed by atoms with E-state index in [-0.39, 0.29) is 0 Å². The molecule has 4 heterocycles. The molecule has 0 spiro atoms. The lowest BCUT2D eigenvalue weighted by Crippen LogP contribution is -2.38. The summed E-state index contributed by atoms with van der Waals surface area (Å²) in [6.45, 7) is 4.23. The van der Waals surface area contributed by atoms with Crippen molar-refractivity contribution in [2.24, 2.45) is 4.99 Å². The fourth-order valence-electron chi connectivity index (χ4n) is 6.16. The third-order valence-electron chi connectivity index (χ3n) is 8.70. The van der Waals surface area contributed by atoms with Gasteiger partial charge in [-0.2, -0.15) is 5.26 Å². The van der Waals surface area contributed by atoms with Crippen molar-refractivity contribution in [2.75, 3.05) is 13.1 Å². The van der Waals surface area contributed by atoms with Crippen molar-refractivity contribution in [1.82, 2.24) is 19.9 Å². The number of hydrogen-bond donors (Lipinski definition) is 2. The highest BCUT2D eigenvalue weighted by molar-refractivity contribution is 5.64. The summed E-state index contributed by atoms with van der Waals surface area (Å²) in [6, 6.07) is 22.9. The number of nitrogens with one attached hydrogen (secondary N) is 2. The quantitative estimate of drug-likeness (QED) is 0.317. The SMILES string of the molecule is CCC1=CN=c2[nH]c(-c3ccc(C#N)cc3)cc2=C(N2CCC(c3nc(-c4ccccc4)c(C4CC4)[nH]3)CC2)C1. The van der Waals surface area contributed by atoms with Crippen molar-refractivity contribution >= 4 is 5.70 Å². The molecule has 0 radical (unpaired) electrons. The molecule has 6 nitrogen and oxygen atoms in total. The molecule has 0 bridgehead atoms. The Hall–Kier alpha value is -4.37. The van der Waals surface area contributed by atoms with Crippen molar-refractivity contribution in [3.05, 3.63) is 100 Å². The van der Waals surface area contributed by atoms with E-state index in [0.29, 0.717) is 17.4 Å². The summed E-state index contributed by atoms with van der Waals surface area (Å²) < 4.78 is 0. The summed E-state index contributed by atoms with van der Waals surface area (Å²) in [7, 11) is 0. The third-order valence-corrected chi connectivity index (χ3v) is 8.70. The summed E-state index contributed by atoms with van der Waals surface area (Å²) in [5.74, 6) is 2.25. The van der Waals surface area contributed by atoms with Crippen LogP contribution in [0.15, 0.2) is 77.4 Å². The highest BCUT2D eigenvalue weighted by atomic mass is 15.1. The fourth-order valence-corrected chi connectivity index (χ4v) is 6.16. The predicted octanol–water partition coefficient (Wildman–Crippen LogP) is 6.13. The Balaban J connectivity index is 1.17. The Morgan fingerprint density at radius 2 is 1.70 bits per heavy atom. The van der Waals surface area contributed by atoms with Gasteiger partial charge in [0.25, 0.3) is 0 Å². The maximum Gasteiger partial charge on any atom is 0.139 e. The molecule has 2 aliphatic heterocycles. The number of aromatic amines is 2. The van der Waals surface area contributed by atoms with Crippen LogP contribution >= 0.6 is 0 Å². The molecule has 1 saturated heterocycles.